The van der Waals surface area contributed by atoms with E-state index in [0.717, 1.165) is 26.1 Å². The molecule has 4 unspecified atom stereocenters. The molecule has 3 rings (SSSR count). The monoisotopic (exact) mass is 435 g/mol. The molecule has 0 radical (unpaired) electrons. The third kappa shape index (κ3) is 5.83. The minimum Gasteiger partial charge on any atom is -0.348 e. The summed E-state index contributed by atoms with van der Waals surface area (Å²) in [6.45, 7) is 12.5. The average molecular weight is 436 g/mol. The van der Waals surface area contributed by atoms with Gasteiger partial charge in [0.25, 0.3) is 5.91 Å². The maximum Gasteiger partial charge on any atom is 0.251 e. The van der Waals surface area contributed by atoms with Gasteiger partial charge in [-0.2, -0.15) is 4.31 Å². The summed E-state index contributed by atoms with van der Waals surface area (Å²) in [7, 11) is -3.60. The van der Waals surface area contributed by atoms with E-state index >= 15 is 0 Å². The molecule has 1 N–H and O–H groups in total. The van der Waals surface area contributed by atoms with Crippen molar-refractivity contribution in [3.63, 3.8) is 0 Å². The fourth-order valence-electron chi connectivity index (χ4n) is 4.94. The van der Waals surface area contributed by atoms with Crippen molar-refractivity contribution in [2.75, 3.05) is 32.7 Å². The Morgan fingerprint density at radius 3 is 2.50 bits per heavy atom. The number of hydrogen-bond acceptors (Lipinski definition) is 4. The average Bonchev–Trinajstić information content (AvgIpc) is 2.67. The van der Waals surface area contributed by atoms with Gasteiger partial charge in [0.15, 0.2) is 0 Å². The van der Waals surface area contributed by atoms with Crippen molar-refractivity contribution < 1.29 is 13.2 Å². The zero-order valence-corrected chi connectivity index (χ0v) is 19.6. The van der Waals surface area contributed by atoms with E-state index in [9.17, 15) is 13.2 Å². The molecule has 0 saturated carbocycles. The highest BCUT2D eigenvalue weighted by Gasteiger charge is 2.32. The fraction of sp³-hybridized carbons (Fsp3) is 0.696. The first-order chi connectivity index (χ1) is 14.1. The Labute approximate surface area is 182 Å². The van der Waals surface area contributed by atoms with Crippen LogP contribution in [0.2, 0.25) is 0 Å². The maximum absolute atomic E-state index is 13.2. The van der Waals surface area contributed by atoms with Crippen LogP contribution in [0.3, 0.4) is 0 Å². The molecule has 0 spiro atoms. The molecule has 1 aromatic rings. The Morgan fingerprint density at radius 1 is 1.13 bits per heavy atom. The van der Waals surface area contributed by atoms with Crippen LogP contribution in [0.15, 0.2) is 29.2 Å². The second kappa shape index (κ2) is 9.79. The van der Waals surface area contributed by atoms with Crippen LogP contribution in [-0.2, 0) is 10.0 Å². The Hall–Kier alpha value is -1.44. The summed E-state index contributed by atoms with van der Waals surface area (Å²) >= 11 is 0. The number of hydrogen-bond donors (Lipinski definition) is 1. The number of sulfonamides is 1. The van der Waals surface area contributed by atoms with Gasteiger partial charge in [0, 0.05) is 37.8 Å². The third-order valence-electron chi connectivity index (χ3n) is 6.22. The Kier molecular flexibility index (Phi) is 7.58. The predicted octanol–water partition coefficient (Wildman–Crippen LogP) is 3.20. The van der Waals surface area contributed by atoms with Crippen LogP contribution in [0, 0.1) is 17.8 Å². The van der Waals surface area contributed by atoms with Gasteiger partial charge in [0.2, 0.25) is 10.0 Å². The molecule has 0 aliphatic carbocycles. The zero-order valence-electron chi connectivity index (χ0n) is 18.8. The van der Waals surface area contributed by atoms with Crippen molar-refractivity contribution in [1.82, 2.24) is 14.5 Å². The lowest BCUT2D eigenvalue weighted by atomic mass is 9.94. The molecule has 168 valence electrons. The van der Waals surface area contributed by atoms with Crippen molar-refractivity contribution in [2.24, 2.45) is 17.8 Å². The minimum absolute atomic E-state index is 0.00635. The van der Waals surface area contributed by atoms with Gasteiger partial charge in [0.1, 0.15) is 0 Å². The Bertz CT molecular complexity index is 832. The van der Waals surface area contributed by atoms with Crippen LogP contribution >= 0.6 is 0 Å². The van der Waals surface area contributed by atoms with E-state index in [0.29, 0.717) is 36.4 Å². The van der Waals surface area contributed by atoms with E-state index in [1.165, 1.54) is 18.9 Å². The number of amides is 1. The molecule has 1 amide bonds. The summed E-state index contributed by atoms with van der Waals surface area (Å²) in [4.78, 5) is 15.4. The summed E-state index contributed by atoms with van der Waals surface area (Å²) in [6.07, 6.45) is 3.52. The van der Waals surface area contributed by atoms with Gasteiger partial charge in [-0.25, -0.2) is 8.42 Å². The topological polar surface area (TPSA) is 69.7 Å². The van der Waals surface area contributed by atoms with E-state index in [-0.39, 0.29) is 16.8 Å². The van der Waals surface area contributed by atoms with E-state index in [2.05, 4.69) is 31.0 Å². The maximum atomic E-state index is 13.2. The molecule has 2 aliphatic heterocycles. The molecule has 0 bridgehead atoms. The third-order valence-corrected chi connectivity index (χ3v) is 8.05. The van der Waals surface area contributed by atoms with Gasteiger partial charge in [0.05, 0.1) is 4.90 Å². The standard InChI is InChI=1S/C23H37N3O3S/c1-17-7-6-10-25(13-17)16-20(4)24-23(27)21-8-5-9-22(12-21)30(28,29)26-14-18(2)11-19(3)15-26/h5,8-9,12,17-20H,6-7,10-11,13-16H2,1-4H3,(H,24,27). The Morgan fingerprint density at radius 2 is 1.83 bits per heavy atom. The number of nitrogens with zero attached hydrogens (tertiary/aromatic N) is 2. The summed E-state index contributed by atoms with van der Waals surface area (Å²) in [6, 6.07) is 6.46. The lowest BCUT2D eigenvalue weighted by Gasteiger charge is -2.34. The van der Waals surface area contributed by atoms with Crippen LogP contribution in [-0.4, -0.2) is 62.3 Å². The van der Waals surface area contributed by atoms with Gasteiger partial charge >= 0.3 is 0 Å². The van der Waals surface area contributed by atoms with E-state index in [1.54, 1.807) is 22.5 Å². The number of piperidine rings is 2. The largest absolute Gasteiger partial charge is 0.348 e. The normalized spacial score (nSPS) is 27.5. The van der Waals surface area contributed by atoms with Gasteiger partial charge in [-0.15, -0.1) is 0 Å². The van der Waals surface area contributed by atoms with Crippen molar-refractivity contribution in [3.05, 3.63) is 29.8 Å². The molecule has 2 fully saturated rings. The summed E-state index contributed by atoms with van der Waals surface area (Å²) in [5, 5.41) is 3.04. The van der Waals surface area contributed by atoms with Crippen LogP contribution in [0.4, 0.5) is 0 Å². The highest BCUT2D eigenvalue weighted by molar-refractivity contribution is 7.89. The molecule has 6 nitrogen and oxygen atoms in total. The summed E-state index contributed by atoms with van der Waals surface area (Å²) in [5.41, 5.74) is 0.396. The van der Waals surface area contributed by atoms with Gasteiger partial charge in [-0.05, 0) is 68.7 Å². The van der Waals surface area contributed by atoms with E-state index < -0.39 is 10.0 Å². The molecule has 2 aliphatic rings. The number of carbonyl (C=O) groups excluding carboxylic acids is 1. The fourth-order valence-corrected chi connectivity index (χ4v) is 6.67. The van der Waals surface area contributed by atoms with Crippen LogP contribution in [0.5, 0.6) is 0 Å². The van der Waals surface area contributed by atoms with Crippen LogP contribution < -0.4 is 5.32 Å². The molecular weight excluding hydrogens is 398 g/mol. The molecule has 0 aromatic heterocycles. The first-order valence-corrected chi connectivity index (χ1v) is 12.7. The lowest BCUT2D eigenvalue weighted by molar-refractivity contribution is 0.0919. The number of nitrogens with one attached hydrogen (secondary N) is 1. The van der Waals surface area contributed by atoms with Crippen molar-refractivity contribution in [1.29, 1.82) is 0 Å². The molecule has 30 heavy (non-hydrogen) atoms. The van der Waals surface area contributed by atoms with E-state index in [4.69, 9.17) is 0 Å². The van der Waals surface area contributed by atoms with Gasteiger partial charge in [-0.1, -0.05) is 26.8 Å². The number of likely N-dealkylation sites (tertiary alicyclic amines) is 1. The van der Waals surface area contributed by atoms with E-state index in [1.807, 2.05) is 6.92 Å². The van der Waals surface area contributed by atoms with Crippen molar-refractivity contribution >= 4 is 15.9 Å². The quantitative estimate of drug-likeness (QED) is 0.745. The summed E-state index contributed by atoms with van der Waals surface area (Å²) in [5.74, 6) is 1.16. The molecular formula is C23H37N3O3S. The highest BCUT2D eigenvalue weighted by Crippen LogP contribution is 2.27. The van der Waals surface area contributed by atoms with Crippen molar-refractivity contribution in [3.8, 4) is 0 Å². The molecule has 7 heteroatoms. The zero-order chi connectivity index (χ0) is 21.9. The molecule has 2 heterocycles. The van der Waals surface area contributed by atoms with Gasteiger partial charge in [-0.3, -0.25) is 4.79 Å². The number of rotatable bonds is 6. The summed E-state index contributed by atoms with van der Waals surface area (Å²) < 4.78 is 27.9. The van der Waals surface area contributed by atoms with Gasteiger partial charge < -0.3 is 10.2 Å². The first kappa shape index (κ1) is 23.2. The molecule has 1 aromatic carbocycles. The Balaban J connectivity index is 1.66. The molecule has 4 atom stereocenters. The number of carbonyl (C=O) groups is 1. The first-order valence-electron chi connectivity index (χ1n) is 11.3. The highest BCUT2D eigenvalue weighted by atomic mass is 32.2. The predicted molar refractivity (Wildman–Crippen MR) is 120 cm³/mol. The lowest BCUT2D eigenvalue weighted by Crippen LogP contribution is -2.45. The molecule has 2 saturated heterocycles. The minimum atomic E-state index is -3.60. The number of benzene rings is 1. The SMILES string of the molecule is CC1CCCN(CC(C)NC(=O)c2cccc(S(=O)(=O)N3CC(C)CC(C)C3)c2)C1. The van der Waals surface area contributed by atoms with Crippen molar-refractivity contribution in [2.45, 2.75) is 57.9 Å². The second-order valence-electron chi connectivity index (χ2n) is 9.68. The van der Waals surface area contributed by atoms with Crippen LogP contribution in [0.1, 0.15) is 57.3 Å². The van der Waals surface area contributed by atoms with Crippen LogP contribution in [0.25, 0.3) is 0 Å². The second-order valence-corrected chi connectivity index (χ2v) is 11.6. The smallest absolute Gasteiger partial charge is 0.251 e.